The van der Waals surface area contributed by atoms with Crippen molar-refractivity contribution in [2.24, 2.45) is 0 Å². The number of benzene rings is 2. The monoisotopic (exact) mass is 373 g/mol. The molecule has 5 nitrogen and oxygen atoms in total. The van der Waals surface area contributed by atoms with Crippen LogP contribution in [0.2, 0.25) is 0 Å². The molecule has 5 heteroatoms. The summed E-state index contributed by atoms with van der Waals surface area (Å²) >= 11 is 0. The van der Waals surface area contributed by atoms with Gasteiger partial charge in [0.15, 0.2) is 0 Å². The summed E-state index contributed by atoms with van der Waals surface area (Å²) in [7, 11) is 0. The lowest BCUT2D eigenvalue weighted by Gasteiger charge is -2.21. The van der Waals surface area contributed by atoms with Crippen molar-refractivity contribution in [3.05, 3.63) is 89.2 Å². The Morgan fingerprint density at radius 2 is 1.71 bits per heavy atom. The van der Waals surface area contributed by atoms with Crippen molar-refractivity contribution in [2.75, 3.05) is 16.8 Å². The van der Waals surface area contributed by atoms with Gasteiger partial charge in [-0.25, -0.2) is 0 Å². The topological polar surface area (TPSA) is 62.3 Å². The van der Waals surface area contributed by atoms with Crippen LogP contribution in [0.5, 0.6) is 0 Å². The Morgan fingerprint density at radius 3 is 2.39 bits per heavy atom. The molecule has 3 aromatic rings. The standard InChI is InChI=1S/C23H23N3O2/c1-4-26(20-8-6-5-7-9-20)23(28)18-12-13-24-21(15-18)22(27)25-19-11-10-16(2)17(3)14-19/h5-15H,4H2,1-3H3,(H,25,27). The van der Waals surface area contributed by atoms with Crippen molar-refractivity contribution in [2.45, 2.75) is 20.8 Å². The first-order chi connectivity index (χ1) is 13.5. The van der Waals surface area contributed by atoms with Crippen LogP contribution >= 0.6 is 0 Å². The molecule has 142 valence electrons. The molecule has 3 rings (SSSR count). The summed E-state index contributed by atoms with van der Waals surface area (Å²) in [5, 5.41) is 2.84. The number of aryl methyl sites for hydroxylation is 2. The number of hydrogen-bond acceptors (Lipinski definition) is 3. The Morgan fingerprint density at radius 1 is 0.964 bits per heavy atom. The fourth-order valence-electron chi connectivity index (χ4n) is 2.91. The van der Waals surface area contributed by atoms with Gasteiger partial charge in [0.1, 0.15) is 5.69 Å². The first kappa shape index (κ1) is 19.3. The van der Waals surface area contributed by atoms with E-state index in [1.54, 1.807) is 11.0 Å². The molecule has 0 atom stereocenters. The number of amides is 2. The number of nitrogens with one attached hydrogen (secondary N) is 1. The third-order valence-corrected chi connectivity index (χ3v) is 4.63. The van der Waals surface area contributed by atoms with E-state index < -0.39 is 0 Å². The molecule has 0 unspecified atom stereocenters. The van der Waals surface area contributed by atoms with Gasteiger partial charge in [-0.2, -0.15) is 0 Å². The second-order valence-corrected chi connectivity index (χ2v) is 6.57. The second kappa shape index (κ2) is 8.48. The lowest BCUT2D eigenvalue weighted by molar-refractivity contribution is 0.0988. The molecule has 1 heterocycles. The Kier molecular flexibility index (Phi) is 5.84. The van der Waals surface area contributed by atoms with Crippen LogP contribution in [0, 0.1) is 13.8 Å². The average molecular weight is 373 g/mol. The molecule has 0 saturated carbocycles. The van der Waals surface area contributed by atoms with Crippen molar-refractivity contribution in [1.82, 2.24) is 4.98 Å². The number of aromatic nitrogens is 1. The molecular formula is C23H23N3O2. The van der Waals surface area contributed by atoms with Gasteiger partial charge >= 0.3 is 0 Å². The van der Waals surface area contributed by atoms with E-state index in [0.29, 0.717) is 17.8 Å². The van der Waals surface area contributed by atoms with Crippen LogP contribution in [0.4, 0.5) is 11.4 Å². The Hall–Kier alpha value is -3.47. The molecule has 1 aromatic heterocycles. The first-order valence-corrected chi connectivity index (χ1v) is 9.21. The molecule has 1 N–H and O–H groups in total. The molecule has 0 spiro atoms. The highest BCUT2D eigenvalue weighted by atomic mass is 16.2. The Balaban J connectivity index is 1.81. The number of carbonyl (C=O) groups is 2. The van der Waals surface area contributed by atoms with Crippen molar-refractivity contribution >= 4 is 23.2 Å². The average Bonchev–Trinajstić information content (AvgIpc) is 2.72. The van der Waals surface area contributed by atoms with E-state index in [9.17, 15) is 9.59 Å². The van der Waals surface area contributed by atoms with Crippen LogP contribution in [0.15, 0.2) is 66.9 Å². The summed E-state index contributed by atoms with van der Waals surface area (Å²) < 4.78 is 0. The summed E-state index contributed by atoms with van der Waals surface area (Å²) in [6.07, 6.45) is 1.49. The van der Waals surface area contributed by atoms with Gasteiger partial charge in [-0.1, -0.05) is 24.3 Å². The van der Waals surface area contributed by atoms with Gasteiger partial charge in [-0.05, 0) is 68.3 Å². The van der Waals surface area contributed by atoms with Gasteiger partial charge in [-0.15, -0.1) is 0 Å². The highest BCUT2D eigenvalue weighted by molar-refractivity contribution is 6.08. The van der Waals surface area contributed by atoms with Crippen LogP contribution in [0.25, 0.3) is 0 Å². The van der Waals surface area contributed by atoms with E-state index in [-0.39, 0.29) is 17.5 Å². The van der Waals surface area contributed by atoms with Gasteiger partial charge in [0.25, 0.3) is 11.8 Å². The predicted molar refractivity (Wildman–Crippen MR) is 112 cm³/mol. The number of anilines is 2. The fraction of sp³-hybridized carbons (Fsp3) is 0.174. The Labute approximate surface area is 165 Å². The van der Waals surface area contributed by atoms with Crippen molar-refractivity contribution in [1.29, 1.82) is 0 Å². The lowest BCUT2D eigenvalue weighted by atomic mass is 10.1. The molecule has 0 aliphatic heterocycles. The van der Waals surface area contributed by atoms with Crippen LogP contribution < -0.4 is 10.2 Å². The predicted octanol–water partition coefficient (Wildman–Crippen LogP) is 4.62. The minimum atomic E-state index is -0.347. The highest BCUT2D eigenvalue weighted by Crippen LogP contribution is 2.18. The van der Waals surface area contributed by atoms with E-state index in [0.717, 1.165) is 16.8 Å². The normalized spacial score (nSPS) is 10.4. The van der Waals surface area contributed by atoms with E-state index in [1.165, 1.54) is 12.3 Å². The van der Waals surface area contributed by atoms with Crippen LogP contribution in [-0.2, 0) is 0 Å². The molecule has 2 amide bonds. The van der Waals surface area contributed by atoms with Crippen molar-refractivity contribution in [3.8, 4) is 0 Å². The van der Waals surface area contributed by atoms with Gasteiger partial charge in [0, 0.05) is 29.7 Å². The fourth-order valence-corrected chi connectivity index (χ4v) is 2.91. The summed E-state index contributed by atoms with van der Waals surface area (Å²) in [6.45, 7) is 6.45. The number of rotatable bonds is 5. The maximum Gasteiger partial charge on any atom is 0.274 e. The van der Waals surface area contributed by atoms with Crippen molar-refractivity contribution in [3.63, 3.8) is 0 Å². The first-order valence-electron chi connectivity index (χ1n) is 9.21. The van der Waals surface area contributed by atoms with Gasteiger partial charge in [-0.3, -0.25) is 14.6 Å². The molecule has 0 fully saturated rings. The second-order valence-electron chi connectivity index (χ2n) is 6.57. The maximum atomic E-state index is 13.0. The summed E-state index contributed by atoms with van der Waals surface area (Å²) in [5.41, 5.74) is 4.39. The van der Waals surface area contributed by atoms with Crippen LogP contribution in [0.1, 0.15) is 38.9 Å². The van der Waals surface area contributed by atoms with Gasteiger partial charge in [0.05, 0.1) is 0 Å². The molecule has 2 aromatic carbocycles. The molecule has 0 aliphatic rings. The molecule has 0 radical (unpaired) electrons. The lowest BCUT2D eigenvalue weighted by Crippen LogP contribution is -2.30. The Bertz CT molecular complexity index is 1000. The van der Waals surface area contributed by atoms with Crippen molar-refractivity contribution < 1.29 is 9.59 Å². The van der Waals surface area contributed by atoms with Gasteiger partial charge in [0.2, 0.25) is 0 Å². The largest absolute Gasteiger partial charge is 0.321 e. The minimum absolute atomic E-state index is 0.170. The van der Waals surface area contributed by atoms with E-state index >= 15 is 0 Å². The molecule has 0 saturated heterocycles. The van der Waals surface area contributed by atoms with E-state index in [1.807, 2.05) is 69.3 Å². The summed E-state index contributed by atoms with van der Waals surface area (Å²) in [4.78, 5) is 31.4. The maximum absolute atomic E-state index is 13.0. The smallest absolute Gasteiger partial charge is 0.274 e. The minimum Gasteiger partial charge on any atom is -0.321 e. The SMILES string of the molecule is CCN(C(=O)c1ccnc(C(=O)Nc2ccc(C)c(C)c2)c1)c1ccccc1. The number of nitrogens with zero attached hydrogens (tertiary/aromatic N) is 2. The zero-order chi connectivity index (χ0) is 20.1. The quantitative estimate of drug-likeness (QED) is 0.710. The molecule has 0 bridgehead atoms. The number of para-hydroxylation sites is 1. The molecule has 28 heavy (non-hydrogen) atoms. The number of pyridine rings is 1. The highest BCUT2D eigenvalue weighted by Gasteiger charge is 2.18. The van der Waals surface area contributed by atoms with E-state index in [2.05, 4.69) is 10.3 Å². The van der Waals surface area contributed by atoms with Crippen LogP contribution in [0.3, 0.4) is 0 Å². The number of hydrogen-bond donors (Lipinski definition) is 1. The zero-order valence-corrected chi connectivity index (χ0v) is 16.3. The van der Waals surface area contributed by atoms with Crippen LogP contribution in [-0.4, -0.2) is 23.3 Å². The number of carbonyl (C=O) groups excluding carboxylic acids is 2. The zero-order valence-electron chi connectivity index (χ0n) is 16.3. The molecular weight excluding hydrogens is 350 g/mol. The summed E-state index contributed by atoms with van der Waals surface area (Å²) in [6, 6.07) is 18.3. The molecule has 0 aliphatic carbocycles. The van der Waals surface area contributed by atoms with E-state index in [4.69, 9.17) is 0 Å². The van der Waals surface area contributed by atoms with Gasteiger partial charge < -0.3 is 10.2 Å². The summed E-state index contributed by atoms with van der Waals surface area (Å²) in [5.74, 6) is -0.517. The third-order valence-electron chi connectivity index (χ3n) is 4.63. The third kappa shape index (κ3) is 4.26.